The number of aromatic amines is 2. The molecule has 0 bridgehead atoms. The normalized spacial score (nSPS) is 9.67. The first-order valence-electron chi connectivity index (χ1n) is 3.41. The zero-order chi connectivity index (χ0) is 11.4. The van der Waals surface area contributed by atoms with Crippen LogP contribution in [-0.2, 0) is 0 Å². The van der Waals surface area contributed by atoms with Crippen molar-refractivity contribution in [3.63, 3.8) is 0 Å². The SMILES string of the molecule is Clc1nc(I)c(I)[nH]1.Clc1ncc(I)[nH]1. The molecular formula is C6H3Cl2I3N4. The standard InChI is InChI=1S/C3HClI2N2.C3H2ClIN2/c4-3-7-1(5)2(6)8-3;4-3-6-1-2(5)7-3/h(H,7,8);1H,(H,6,7). The Bertz CT molecular complexity index is 405. The van der Waals surface area contributed by atoms with Crippen molar-refractivity contribution in [3.8, 4) is 0 Å². The van der Waals surface area contributed by atoms with Crippen LogP contribution in [0.4, 0.5) is 0 Å². The summed E-state index contributed by atoms with van der Waals surface area (Å²) in [5.74, 6) is 0. The van der Waals surface area contributed by atoms with E-state index in [0.717, 1.165) is 11.1 Å². The second kappa shape index (κ2) is 6.81. The van der Waals surface area contributed by atoms with E-state index >= 15 is 0 Å². The summed E-state index contributed by atoms with van der Waals surface area (Å²) in [5, 5.41) is 0.906. The summed E-state index contributed by atoms with van der Waals surface area (Å²) in [4.78, 5) is 13.2. The van der Waals surface area contributed by atoms with Gasteiger partial charge in [-0.05, 0) is 91.0 Å². The summed E-state index contributed by atoms with van der Waals surface area (Å²) in [6.07, 6.45) is 1.67. The third kappa shape index (κ3) is 5.37. The minimum atomic E-state index is 0.449. The Morgan fingerprint density at radius 2 is 1.73 bits per heavy atom. The highest BCUT2D eigenvalue weighted by atomic mass is 127. The lowest BCUT2D eigenvalue weighted by Gasteiger charge is -1.74. The average molecular weight is 583 g/mol. The van der Waals surface area contributed by atoms with E-state index < -0.39 is 0 Å². The lowest BCUT2D eigenvalue weighted by Crippen LogP contribution is -1.69. The van der Waals surface area contributed by atoms with Crippen molar-refractivity contribution in [1.82, 2.24) is 19.9 Å². The van der Waals surface area contributed by atoms with Gasteiger partial charge in [0.25, 0.3) is 0 Å². The highest BCUT2D eigenvalue weighted by molar-refractivity contribution is 14.1. The molecular weight excluding hydrogens is 580 g/mol. The molecule has 0 fully saturated rings. The van der Waals surface area contributed by atoms with Gasteiger partial charge in [-0.25, -0.2) is 9.97 Å². The molecule has 0 saturated heterocycles. The van der Waals surface area contributed by atoms with Gasteiger partial charge in [-0.1, -0.05) is 0 Å². The van der Waals surface area contributed by atoms with Crippen LogP contribution in [-0.4, -0.2) is 19.9 Å². The fourth-order valence-electron chi connectivity index (χ4n) is 0.582. The molecule has 9 heteroatoms. The fourth-order valence-corrected chi connectivity index (χ4v) is 2.52. The minimum Gasteiger partial charge on any atom is -0.324 e. The van der Waals surface area contributed by atoms with Crippen LogP contribution in [0.2, 0.25) is 10.6 Å². The topological polar surface area (TPSA) is 57.4 Å². The van der Waals surface area contributed by atoms with Gasteiger partial charge in [0.1, 0.15) is 7.40 Å². The number of nitrogens with zero attached hydrogens (tertiary/aromatic N) is 2. The monoisotopic (exact) mass is 582 g/mol. The molecule has 82 valence electrons. The summed E-state index contributed by atoms with van der Waals surface area (Å²) in [7, 11) is 0. The number of hydrogen-bond donors (Lipinski definition) is 2. The number of aromatic nitrogens is 4. The molecule has 4 nitrogen and oxygen atoms in total. The van der Waals surface area contributed by atoms with Crippen LogP contribution >= 0.6 is 91.0 Å². The molecule has 0 saturated carbocycles. The zero-order valence-electron chi connectivity index (χ0n) is 6.86. The zero-order valence-corrected chi connectivity index (χ0v) is 14.8. The number of imidazole rings is 2. The fraction of sp³-hybridized carbons (Fsp3) is 0. The minimum absolute atomic E-state index is 0.449. The molecule has 0 aliphatic rings. The first-order chi connectivity index (χ1) is 6.99. The molecule has 0 aromatic carbocycles. The van der Waals surface area contributed by atoms with E-state index in [1.807, 2.05) is 0 Å². The van der Waals surface area contributed by atoms with Gasteiger partial charge in [0.05, 0.1) is 9.90 Å². The molecule has 2 rings (SSSR count). The van der Waals surface area contributed by atoms with Crippen molar-refractivity contribution in [1.29, 1.82) is 0 Å². The van der Waals surface area contributed by atoms with Gasteiger partial charge in [-0.15, -0.1) is 0 Å². The smallest absolute Gasteiger partial charge is 0.201 e. The second-order valence-corrected chi connectivity index (χ2v) is 6.13. The number of nitrogens with one attached hydrogen (secondary N) is 2. The van der Waals surface area contributed by atoms with Crippen LogP contribution in [0.25, 0.3) is 0 Å². The Kier molecular flexibility index (Phi) is 6.47. The van der Waals surface area contributed by atoms with Crippen molar-refractivity contribution in [2.45, 2.75) is 0 Å². The molecule has 0 radical (unpaired) electrons. The summed E-state index contributed by atoms with van der Waals surface area (Å²) >= 11 is 17.2. The summed E-state index contributed by atoms with van der Waals surface area (Å²) in [6, 6.07) is 0. The largest absolute Gasteiger partial charge is 0.324 e. The Balaban J connectivity index is 0.000000151. The Morgan fingerprint density at radius 1 is 1.07 bits per heavy atom. The number of hydrogen-bond acceptors (Lipinski definition) is 2. The van der Waals surface area contributed by atoms with Crippen LogP contribution in [0.15, 0.2) is 6.20 Å². The maximum atomic E-state index is 5.49. The molecule has 15 heavy (non-hydrogen) atoms. The maximum Gasteiger partial charge on any atom is 0.201 e. The van der Waals surface area contributed by atoms with E-state index in [-0.39, 0.29) is 0 Å². The summed E-state index contributed by atoms with van der Waals surface area (Å²) in [6.45, 7) is 0. The van der Waals surface area contributed by atoms with Gasteiger partial charge >= 0.3 is 0 Å². The molecule has 0 unspecified atom stereocenters. The number of rotatable bonds is 0. The van der Waals surface area contributed by atoms with Gasteiger partial charge in [0.15, 0.2) is 0 Å². The van der Waals surface area contributed by atoms with E-state index in [1.165, 1.54) is 0 Å². The first-order valence-corrected chi connectivity index (χ1v) is 7.40. The van der Waals surface area contributed by atoms with E-state index in [4.69, 9.17) is 23.2 Å². The predicted octanol–water partition coefficient (Wildman–Crippen LogP) is 3.94. The van der Waals surface area contributed by atoms with Crippen LogP contribution in [0.3, 0.4) is 0 Å². The Hall–Kier alpha value is 1.19. The van der Waals surface area contributed by atoms with Gasteiger partial charge in [-0.3, -0.25) is 0 Å². The van der Waals surface area contributed by atoms with Crippen molar-refractivity contribution in [2.24, 2.45) is 0 Å². The molecule has 2 heterocycles. The molecule has 2 N–H and O–H groups in total. The quantitative estimate of drug-likeness (QED) is 0.463. The predicted molar refractivity (Wildman–Crippen MR) is 85.3 cm³/mol. The van der Waals surface area contributed by atoms with Crippen LogP contribution in [0.1, 0.15) is 0 Å². The molecule has 0 amide bonds. The van der Waals surface area contributed by atoms with Gasteiger partial charge < -0.3 is 9.97 Å². The van der Waals surface area contributed by atoms with Crippen LogP contribution in [0, 0.1) is 11.1 Å². The van der Waals surface area contributed by atoms with Crippen molar-refractivity contribution >= 4 is 91.0 Å². The molecule has 2 aromatic rings. The second-order valence-electron chi connectivity index (χ2n) is 2.15. The molecule has 0 aliphatic heterocycles. The van der Waals surface area contributed by atoms with E-state index in [0.29, 0.717) is 10.6 Å². The summed E-state index contributed by atoms with van der Waals surface area (Å²) < 4.78 is 2.88. The summed E-state index contributed by atoms with van der Waals surface area (Å²) in [5.41, 5.74) is 0. The van der Waals surface area contributed by atoms with E-state index in [1.54, 1.807) is 6.20 Å². The Morgan fingerprint density at radius 3 is 1.87 bits per heavy atom. The molecule has 0 atom stereocenters. The molecule has 0 aliphatic carbocycles. The highest BCUT2D eigenvalue weighted by Crippen LogP contribution is 2.13. The van der Waals surface area contributed by atoms with Crippen LogP contribution < -0.4 is 0 Å². The lowest BCUT2D eigenvalue weighted by atomic mass is 11.0. The van der Waals surface area contributed by atoms with Crippen molar-refractivity contribution < 1.29 is 0 Å². The third-order valence-corrected chi connectivity index (χ3v) is 4.62. The molecule has 2 aromatic heterocycles. The number of halogens is 5. The lowest BCUT2D eigenvalue weighted by molar-refractivity contribution is 1.29. The molecule has 0 spiro atoms. The third-order valence-electron chi connectivity index (χ3n) is 1.10. The van der Waals surface area contributed by atoms with Gasteiger partial charge in [0.2, 0.25) is 10.6 Å². The Labute approximate surface area is 137 Å². The first kappa shape index (κ1) is 14.3. The van der Waals surface area contributed by atoms with E-state index in [2.05, 4.69) is 87.7 Å². The van der Waals surface area contributed by atoms with Crippen LogP contribution in [0.5, 0.6) is 0 Å². The van der Waals surface area contributed by atoms with Crippen molar-refractivity contribution in [2.75, 3.05) is 0 Å². The highest BCUT2D eigenvalue weighted by Gasteiger charge is 1.99. The van der Waals surface area contributed by atoms with E-state index in [9.17, 15) is 0 Å². The maximum absolute atomic E-state index is 5.49. The average Bonchev–Trinajstić information content (AvgIpc) is 2.61. The van der Waals surface area contributed by atoms with Gasteiger partial charge in [0, 0.05) is 0 Å². The van der Waals surface area contributed by atoms with Gasteiger partial charge in [-0.2, -0.15) is 0 Å². The van der Waals surface area contributed by atoms with Crippen molar-refractivity contribution in [3.05, 3.63) is 27.9 Å². The number of H-pyrrole nitrogens is 2.